The molecule has 2 atom stereocenters. The molecule has 0 heterocycles. The molecule has 9 nitrogen and oxygen atoms in total. The zero-order valence-electron chi connectivity index (χ0n) is 51.8. The van der Waals surface area contributed by atoms with Crippen LogP contribution in [0, 0.1) is 0 Å². The summed E-state index contributed by atoms with van der Waals surface area (Å²) in [7, 11) is 5.97. The third-order valence-corrected chi connectivity index (χ3v) is 13.8. The van der Waals surface area contributed by atoms with E-state index in [1.807, 2.05) is 21.1 Å². The summed E-state index contributed by atoms with van der Waals surface area (Å²) >= 11 is 0. The fourth-order valence-electron chi connectivity index (χ4n) is 8.87. The molecule has 0 spiro atoms. The Balaban J connectivity index is 4.18. The van der Waals surface area contributed by atoms with E-state index in [1.165, 1.54) is 148 Å². The fraction of sp³-hybridized carbons (Fsp3) is 0.729. The summed E-state index contributed by atoms with van der Waals surface area (Å²) in [6, 6.07) is 0. The van der Waals surface area contributed by atoms with E-state index in [0.29, 0.717) is 17.4 Å². The molecule has 0 saturated heterocycles. The van der Waals surface area contributed by atoms with Gasteiger partial charge in [0, 0.05) is 12.8 Å². The van der Waals surface area contributed by atoms with Crippen molar-refractivity contribution in [2.75, 3.05) is 47.5 Å². The fourth-order valence-corrected chi connectivity index (χ4v) is 8.87. The maximum atomic E-state index is 12.9. The van der Waals surface area contributed by atoms with E-state index in [9.17, 15) is 19.5 Å². The number of hydrogen-bond acceptors (Lipinski definition) is 7. The van der Waals surface area contributed by atoms with Gasteiger partial charge in [-0.1, -0.05) is 259 Å². The lowest BCUT2D eigenvalue weighted by Gasteiger charge is -2.25. The summed E-state index contributed by atoms with van der Waals surface area (Å²) in [6.45, 7) is 4.76. The number of carboxylic acids is 1. The van der Waals surface area contributed by atoms with Crippen LogP contribution in [0.25, 0.3) is 0 Å². The first-order valence-electron chi connectivity index (χ1n) is 32.4. The van der Waals surface area contributed by atoms with Crippen LogP contribution in [0.1, 0.15) is 271 Å². The smallest absolute Gasteiger partial charge is 0.361 e. The van der Waals surface area contributed by atoms with Gasteiger partial charge in [-0.25, -0.2) is 4.79 Å². The lowest BCUT2D eigenvalue weighted by Crippen LogP contribution is -2.40. The average molecular weight is 1110 g/mol. The highest BCUT2D eigenvalue weighted by molar-refractivity contribution is 5.71. The SMILES string of the molecule is CC/C=C\C/C=C\C/C=C\C/C=C\C/C=C\CCCCCCCCCCCCCCCCCC(=O)OC(COC(=O)CCCCCCCCCC/C=C\C/C=C\C/C=C\CCCCCCC)COC(OCC[N+](C)(C)C)C(=O)O. The summed E-state index contributed by atoms with van der Waals surface area (Å²) in [5, 5.41) is 9.73. The molecule has 454 valence electrons. The van der Waals surface area contributed by atoms with E-state index in [2.05, 4.69) is 111 Å². The van der Waals surface area contributed by atoms with E-state index in [0.717, 1.165) is 96.3 Å². The van der Waals surface area contributed by atoms with E-state index in [4.69, 9.17) is 18.9 Å². The van der Waals surface area contributed by atoms with Gasteiger partial charge in [-0.05, 0) is 96.3 Å². The van der Waals surface area contributed by atoms with Crippen LogP contribution in [0.15, 0.2) is 97.2 Å². The standard InChI is InChI=1S/C70H121NO8/c1-6-8-10-12-14-16-18-20-22-24-26-28-30-31-32-33-34-35-36-37-39-41-43-45-47-49-51-53-55-57-59-61-68(73)79-66(65-78-70(69(74)75)76-63-62-71(3,4)5)64-77-67(72)60-58-56-54-52-50-48-46-44-42-40-38-29-27-25-23-21-19-17-15-13-11-9-7-2/h8,10,14,16,19-22,25-28,31-32,38,40,66,70H,6-7,9,11-13,15,17-18,23-24,29-30,33-37,39,41-65H2,1-5H3/p+1/b10-8-,16-14-,21-19-,22-20-,27-25-,28-26-,32-31-,40-38-. The minimum Gasteiger partial charge on any atom is -0.477 e. The number of aliphatic carboxylic acids is 1. The molecular weight excluding hydrogens is 983 g/mol. The van der Waals surface area contributed by atoms with Crippen molar-refractivity contribution in [2.45, 2.75) is 283 Å². The number of carbonyl (C=O) groups is 3. The van der Waals surface area contributed by atoms with Crippen molar-refractivity contribution in [1.82, 2.24) is 0 Å². The number of allylic oxidation sites excluding steroid dienone is 16. The van der Waals surface area contributed by atoms with Crippen LogP contribution in [-0.4, -0.2) is 87.4 Å². The highest BCUT2D eigenvalue weighted by Crippen LogP contribution is 2.16. The summed E-state index contributed by atoms with van der Waals surface area (Å²) < 4.78 is 22.9. The molecule has 2 unspecified atom stereocenters. The predicted octanol–water partition coefficient (Wildman–Crippen LogP) is 19.7. The quantitative estimate of drug-likeness (QED) is 0.0211. The molecule has 0 aromatic rings. The molecule has 1 N–H and O–H groups in total. The van der Waals surface area contributed by atoms with Crippen LogP contribution in [0.2, 0.25) is 0 Å². The van der Waals surface area contributed by atoms with Crippen molar-refractivity contribution in [3.63, 3.8) is 0 Å². The highest BCUT2D eigenvalue weighted by atomic mass is 16.7. The van der Waals surface area contributed by atoms with E-state index >= 15 is 0 Å². The molecule has 79 heavy (non-hydrogen) atoms. The molecule has 0 aliphatic heterocycles. The first-order chi connectivity index (χ1) is 38.6. The molecule has 9 heteroatoms. The second-order valence-corrected chi connectivity index (χ2v) is 22.7. The molecular formula is C70H122NO8+. The van der Waals surface area contributed by atoms with E-state index in [1.54, 1.807) is 0 Å². The van der Waals surface area contributed by atoms with Gasteiger partial charge in [-0.3, -0.25) is 9.59 Å². The van der Waals surface area contributed by atoms with Crippen molar-refractivity contribution in [3.05, 3.63) is 97.2 Å². The summed E-state index contributed by atoms with van der Waals surface area (Å²) in [5.41, 5.74) is 0. The third kappa shape index (κ3) is 61.7. The maximum Gasteiger partial charge on any atom is 0.361 e. The van der Waals surface area contributed by atoms with Crippen LogP contribution in [0.4, 0.5) is 0 Å². The number of nitrogens with zero attached hydrogens (tertiary/aromatic N) is 1. The molecule has 0 amide bonds. The van der Waals surface area contributed by atoms with Gasteiger partial charge in [0.15, 0.2) is 6.10 Å². The third-order valence-electron chi connectivity index (χ3n) is 13.8. The topological polar surface area (TPSA) is 108 Å². The van der Waals surface area contributed by atoms with Gasteiger partial charge in [0.25, 0.3) is 6.29 Å². The van der Waals surface area contributed by atoms with Crippen LogP contribution < -0.4 is 0 Å². The Morgan fingerprint density at radius 2 is 0.722 bits per heavy atom. The Hall–Kier alpha value is -3.79. The minimum absolute atomic E-state index is 0.183. The highest BCUT2D eigenvalue weighted by Gasteiger charge is 2.25. The Morgan fingerprint density at radius 1 is 0.392 bits per heavy atom. The molecule has 0 aliphatic rings. The minimum atomic E-state index is -1.52. The number of likely N-dealkylation sites (N-methyl/N-ethyl adjacent to an activating group) is 1. The lowest BCUT2D eigenvalue weighted by atomic mass is 10.0. The second-order valence-electron chi connectivity index (χ2n) is 22.7. The predicted molar refractivity (Wildman–Crippen MR) is 336 cm³/mol. The molecule has 0 aliphatic carbocycles. The first kappa shape index (κ1) is 75.2. The number of hydrogen-bond donors (Lipinski definition) is 1. The van der Waals surface area contributed by atoms with E-state index in [-0.39, 0.29) is 32.2 Å². The normalized spacial score (nSPS) is 13.4. The van der Waals surface area contributed by atoms with Crippen LogP contribution >= 0.6 is 0 Å². The molecule has 0 aromatic heterocycles. The largest absolute Gasteiger partial charge is 0.477 e. The van der Waals surface area contributed by atoms with Gasteiger partial charge < -0.3 is 28.5 Å². The number of unbranched alkanes of at least 4 members (excludes halogenated alkanes) is 28. The Morgan fingerprint density at radius 3 is 1.08 bits per heavy atom. The van der Waals surface area contributed by atoms with Crippen LogP contribution in [-0.2, 0) is 33.3 Å². The summed E-state index contributed by atoms with van der Waals surface area (Å²) in [5.74, 6) is -2.01. The number of rotatable bonds is 59. The maximum absolute atomic E-state index is 12.9. The zero-order valence-corrected chi connectivity index (χ0v) is 51.8. The molecule has 0 bridgehead atoms. The van der Waals surface area contributed by atoms with Crippen molar-refractivity contribution < 1.29 is 42.9 Å². The van der Waals surface area contributed by atoms with Gasteiger partial charge in [-0.15, -0.1) is 0 Å². The van der Waals surface area contributed by atoms with Gasteiger partial charge in [-0.2, -0.15) is 0 Å². The number of esters is 2. The molecule has 0 saturated carbocycles. The van der Waals surface area contributed by atoms with Crippen molar-refractivity contribution in [1.29, 1.82) is 0 Å². The Bertz CT molecular complexity index is 1620. The number of carbonyl (C=O) groups excluding carboxylic acids is 2. The Labute approximate surface area is 486 Å². The number of carboxylic acid groups (broad SMARTS) is 1. The van der Waals surface area contributed by atoms with E-state index < -0.39 is 24.3 Å². The number of ether oxygens (including phenoxy) is 4. The molecule has 0 rings (SSSR count). The summed E-state index contributed by atoms with van der Waals surface area (Å²) in [4.78, 5) is 37.5. The van der Waals surface area contributed by atoms with Crippen LogP contribution in [0.5, 0.6) is 0 Å². The van der Waals surface area contributed by atoms with Crippen molar-refractivity contribution in [2.24, 2.45) is 0 Å². The molecule has 0 aromatic carbocycles. The van der Waals surface area contributed by atoms with Crippen LogP contribution in [0.3, 0.4) is 0 Å². The monoisotopic (exact) mass is 1100 g/mol. The Kier molecular flexibility index (Phi) is 57.4. The van der Waals surface area contributed by atoms with Gasteiger partial charge >= 0.3 is 17.9 Å². The summed E-state index contributed by atoms with van der Waals surface area (Å²) in [6.07, 6.45) is 79.2. The van der Waals surface area contributed by atoms with Crippen molar-refractivity contribution >= 4 is 17.9 Å². The van der Waals surface area contributed by atoms with Gasteiger partial charge in [0.2, 0.25) is 0 Å². The lowest BCUT2D eigenvalue weighted by molar-refractivity contribution is -0.870. The molecule has 0 fully saturated rings. The first-order valence-corrected chi connectivity index (χ1v) is 32.4. The van der Waals surface area contributed by atoms with Gasteiger partial charge in [0.05, 0.1) is 34.4 Å². The van der Waals surface area contributed by atoms with Gasteiger partial charge in [0.1, 0.15) is 13.2 Å². The van der Waals surface area contributed by atoms with Crippen molar-refractivity contribution in [3.8, 4) is 0 Å². The average Bonchev–Trinajstić information content (AvgIpc) is 3.42. The second kappa shape index (κ2) is 60.3. The zero-order chi connectivity index (χ0) is 57.6. The number of quaternary nitrogens is 1. The molecule has 0 radical (unpaired) electrons.